The molecule has 0 radical (unpaired) electrons. The standard InChI is InChI=1S/C17H25N3O4.ClH/c1-11(2)15(18)17(23)20-13(16(19)22)8-9-14(21)24-10-12-6-4-3-5-7-12;/h3-7,11,13,15H,8-10,18H2,1-2H3,(H2,19,22)(H,20,23);1H/t13-,15+;/m1./s1. The van der Waals surface area contributed by atoms with Crippen molar-refractivity contribution in [3.05, 3.63) is 35.9 Å². The largest absolute Gasteiger partial charge is 0.461 e. The van der Waals surface area contributed by atoms with Crippen molar-refractivity contribution in [3.63, 3.8) is 0 Å². The summed E-state index contributed by atoms with van der Waals surface area (Å²) < 4.78 is 5.12. The molecule has 0 aliphatic rings. The van der Waals surface area contributed by atoms with Gasteiger partial charge in [-0.15, -0.1) is 12.4 Å². The second-order valence-electron chi connectivity index (χ2n) is 5.92. The van der Waals surface area contributed by atoms with Gasteiger partial charge >= 0.3 is 5.97 Å². The van der Waals surface area contributed by atoms with E-state index in [1.54, 1.807) is 13.8 Å². The zero-order valence-corrected chi connectivity index (χ0v) is 15.3. The number of rotatable bonds is 9. The van der Waals surface area contributed by atoms with Crippen molar-refractivity contribution in [2.75, 3.05) is 0 Å². The third-order valence-corrected chi connectivity index (χ3v) is 3.56. The molecule has 140 valence electrons. The Hall–Kier alpha value is -2.12. The highest BCUT2D eigenvalue weighted by Crippen LogP contribution is 2.05. The van der Waals surface area contributed by atoms with Crippen molar-refractivity contribution < 1.29 is 19.1 Å². The van der Waals surface area contributed by atoms with E-state index in [0.717, 1.165) is 5.56 Å². The molecule has 0 spiro atoms. The maximum Gasteiger partial charge on any atom is 0.306 e. The van der Waals surface area contributed by atoms with E-state index in [4.69, 9.17) is 16.2 Å². The van der Waals surface area contributed by atoms with Crippen LogP contribution in [0.5, 0.6) is 0 Å². The Morgan fingerprint density at radius 2 is 1.76 bits per heavy atom. The SMILES string of the molecule is CC(C)[C@H](N)C(=O)N[C@H](CCC(=O)OCc1ccccc1)C(N)=O.Cl. The van der Waals surface area contributed by atoms with Crippen LogP contribution in [0, 0.1) is 5.92 Å². The minimum atomic E-state index is -0.952. The summed E-state index contributed by atoms with van der Waals surface area (Å²) in [7, 11) is 0. The topological polar surface area (TPSA) is 125 Å². The lowest BCUT2D eigenvalue weighted by Gasteiger charge is -2.20. The van der Waals surface area contributed by atoms with Crippen LogP contribution in [0.15, 0.2) is 30.3 Å². The molecule has 7 nitrogen and oxygen atoms in total. The van der Waals surface area contributed by atoms with Crippen LogP contribution in [0.25, 0.3) is 0 Å². The van der Waals surface area contributed by atoms with Gasteiger partial charge in [-0.25, -0.2) is 0 Å². The quantitative estimate of drug-likeness (QED) is 0.556. The van der Waals surface area contributed by atoms with Gasteiger partial charge in [-0.2, -0.15) is 0 Å². The summed E-state index contributed by atoms with van der Waals surface area (Å²) in [5.74, 6) is -1.72. The molecule has 1 aromatic carbocycles. The number of primary amides is 1. The maximum absolute atomic E-state index is 11.9. The second-order valence-corrected chi connectivity index (χ2v) is 5.92. The van der Waals surface area contributed by atoms with Crippen LogP contribution in [0.4, 0.5) is 0 Å². The predicted molar refractivity (Wildman–Crippen MR) is 96.7 cm³/mol. The Balaban J connectivity index is 0.00000576. The summed E-state index contributed by atoms with van der Waals surface area (Å²) in [5, 5.41) is 2.48. The van der Waals surface area contributed by atoms with Crippen LogP contribution in [0.3, 0.4) is 0 Å². The summed E-state index contributed by atoms with van der Waals surface area (Å²) in [6.07, 6.45) is 0.0388. The molecule has 0 bridgehead atoms. The van der Waals surface area contributed by atoms with E-state index < -0.39 is 29.9 Å². The van der Waals surface area contributed by atoms with Gasteiger partial charge in [0.25, 0.3) is 0 Å². The van der Waals surface area contributed by atoms with Gasteiger partial charge in [0.15, 0.2) is 0 Å². The van der Waals surface area contributed by atoms with E-state index in [2.05, 4.69) is 5.32 Å². The molecule has 0 aliphatic carbocycles. The smallest absolute Gasteiger partial charge is 0.306 e. The molecule has 1 aromatic rings. The van der Waals surface area contributed by atoms with Gasteiger partial charge in [-0.05, 0) is 17.9 Å². The van der Waals surface area contributed by atoms with Crippen LogP contribution in [0.1, 0.15) is 32.3 Å². The predicted octanol–water partition coefficient (Wildman–Crippen LogP) is 0.885. The number of esters is 1. The lowest BCUT2D eigenvalue weighted by molar-refractivity contribution is -0.145. The van der Waals surface area contributed by atoms with E-state index in [0.29, 0.717) is 0 Å². The second kappa shape index (κ2) is 11.4. The molecule has 8 heteroatoms. The van der Waals surface area contributed by atoms with E-state index in [9.17, 15) is 14.4 Å². The molecule has 0 aliphatic heterocycles. The first kappa shape index (κ1) is 22.9. The summed E-state index contributed by atoms with van der Waals surface area (Å²) in [6.45, 7) is 3.75. The number of nitrogens with two attached hydrogens (primary N) is 2. The van der Waals surface area contributed by atoms with Crippen LogP contribution in [0.2, 0.25) is 0 Å². The molecular formula is C17H26ClN3O4. The van der Waals surface area contributed by atoms with Crippen molar-refractivity contribution in [2.24, 2.45) is 17.4 Å². The Labute approximate surface area is 153 Å². The fourth-order valence-electron chi connectivity index (χ4n) is 1.93. The molecule has 0 aromatic heterocycles. The molecule has 0 unspecified atom stereocenters. The molecule has 25 heavy (non-hydrogen) atoms. The fraction of sp³-hybridized carbons (Fsp3) is 0.471. The van der Waals surface area contributed by atoms with Crippen molar-refractivity contribution in [3.8, 4) is 0 Å². The van der Waals surface area contributed by atoms with Gasteiger partial charge in [-0.3, -0.25) is 14.4 Å². The molecule has 5 N–H and O–H groups in total. The average molecular weight is 372 g/mol. The number of amides is 2. The summed E-state index contributed by atoms with van der Waals surface area (Å²) >= 11 is 0. The molecule has 0 heterocycles. The minimum absolute atomic E-state index is 0. The first-order chi connectivity index (χ1) is 11.3. The van der Waals surface area contributed by atoms with Gasteiger partial charge in [0.2, 0.25) is 11.8 Å². The lowest BCUT2D eigenvalue weighted by atomic mass is 10.0. The minimum Gasteiger partial charge on any atom is -0.461 e. The summed E-state index contributed by atoms with van der Waals surface area (Å²) in [5.41, 5.74) is 11.9. The van der Waals surface area contributed by atoms with Gasteiger partial charge < -0.3 is 21.5 Å². The van der Waals surface area contributed by atoms with E-state index >= 15 is 0 Å². The van der Waals surface area contributed by atoms with Crippen molar-refractivity contribution in [1.29, 1.82) is 0 Å². The number of carbonyl (C=O) groups is 3. The Bertz CT molecular complexity index is 566. The van der Waals surface area contributed by atoms with Crippen molar-refractivity contribution >= 4 is 30.2 Å². The highest BCUT2D eigenvalue weighted by molar-refractivity contribution is 5.89. The number of ether oxygens (including phenoxy) is 1. The molecule has 0 saturated heterocycles. The lowest BCUT2D eigenvalue weighted by Crippen LogP contribution is -2.52. The number of carbonyl (C=O) groups excluding carboxylic acids is 3. The van der Waals surface area contributed by atoms with E-state index in [1.165, 1.54) is 0 Å². The number of benzene rings is 1. The van der Waals surface area contributed by atoms with Gasteiger partial charge in [0, 0.05) is 6.42 Å². The van der Waals surface area contributed by atoms with Crippen LogP contribution < -0.4 is 16.8 Å². The van der Waals surface area contributed by atoms with Gasteiger partial charge in [0.1, 0.15) is 12.6 Å². The number of hydrogen-bond acceptors (Lipinski definition) is 5. The van der Waals surface area contributed by atoms with Crippen LogP contribution in [-0.2, 0) is 25.7 Å². The number of hydrogen-bond donors (Lipinski definition) is 3. The molecule has 0 saturated carbocycles. The van der Waals surface area contributed by atoms with Crippen molar-refractivity contribution in [2.45, 2.75) is 45.4 Å². The Kier molecular flexibility index (Phi) is 10.5. The summed E-state index contributed by atoms with van der Waals surface area (Å²) in [4.78, 5) is 35.1. The van der Waals surface area contributed by atoms with Crippen LogP contribution in [-0.4, -0.2) is 29.9 Å². The Morgan fingerprint density at radius 3 is 2.28 bits per heavy atom. The maximum atomic E-state index is 11.9. The zero-order chi connectivity index (χ0) is 18.1. The first-order valence-corrected chi connectivity index (χ1v) is 7.86. The molecule has 1 rings (SSSR count). The molecular weight excluding hydrogens is 346 g/mol. The number of nitrogens with one attached hydrogen (secondary N) is 1. The summed E-state index contributed by atoms with van der Waals surface area (Å²) in [6, 6.07) is 7.55. The highest BCUT2D eigenvalue weighted by atomic mass is 35.5. The fourth-order valence-corrected chi connectivity index (χ4v) is 1.93. The first-order valence-electron chi connectivity index (χ1n) is 7.86. The van der Waals surface area contributed by atoms with Gasteiger partial charge in [0.05, 0.1) is 6.04 Å². The zero-order valence-electron chi connectivity index (χ0n) is 14.4. The third kappa shape index (κ3) is 8.51. The highest BCUT2D eigenvalue weighted by Gasteiger charge is 2.24. The monoisotopic (exact) mass is 371 g/mol. The third-order valence-electron chi connectivity index (χ3n) is 3.56. The van der Waals surface area contributed by atoms with Gasteiger partial charge in [-0.1, -0.05) is 44.2 Å². The normalized spacial score (nSPS) is 12.6. The van der Waals surface area contributed by atoms with E-state index in [-0.39, 0.29) is 37.8 Å². The average Bonchev–Trinajstić information content (AvgIpc) is 2.56. The molecule has 2 atom stereocenters. The van der Waals surface area contributed by atoms with Crippen LogP contribution >= 0.6 is 12.4 Å². The Morgan fingerprint density at radius 1 is 1.16 bits per heavy atom. The molecule has 2 amide bonds. The van der Waals surface area contributed by atoms with E-state index in [1.807, 2.05) is 30.3 Å². The number of halogens is 1. The van der Waals surface area contributed by atoms with Crippen molar-refractivity contribution in [1.82, 2.24) is 5.32 Å². The molecule has 0 fully saturated rings.